The van der Waals surface area contributed by atoms with Gasteiger partial charge in [-0.05, 0) is 6.92 Å². The Bertz CT molecular complexity index is 181. The maximum absolute atomic E-state index is 5.52. The van der Waals surface area contributed by atoms with Gasteiger partial charge in [-0.25, -0.2) is 4.99 Å². The number of allylic oxidation sites excluding steroid dienone is 1. The van der Waals surface area contributed by atoms with E-state index in [9.17, 15) is 0 Å². The lowest BCUT2D eigenvalue weighted by atomic mass is 10.6. The fourth-order valence-electron chi connectivity index (χ4n) is 0.373. The molecule has 0 aromatic heterocycles. The molecule has 4 heteroatoms. The second-order valence-electron chi connectivity index (χ2n) is 1.50. The van der Waals surface area contributed by atoms with Crippen LogP contribution in [-0.4, -0.2) is 18.4 Å². The Morgan fingerprint density at radius 3 is 2.60 bits per heavy atom. The van der Waals surface area contributed by atoms with E-state index >= 15 is 0 Å². The van der Waals surface area contributed by atoms with Gasteiger partial charge in [-0.15, -0.1) is 0 Å². The summed E-state index contributed by atoms with van der Waals surface area (Å²) in [6, 6.07) is 0. The number of hydrogen-bond acceptors (Lipinski definition) is 3. The smallest absolute Gasteiger partial charge is 0.126 e. The Hall–Kier alpha value is -0.830. The van der Waals surface area contributed by atoms with Crippen molar-refractivity contribution in [3.8, 4) is 0 Å². The van der Waals surface area contributed by atoms with Crippen molar-refractivity contribution in [3.63, 3.8) is 0 Å². The standard InChI is InChI=1S/C6H10ClN3/c1-3-10-6(8)4-5(7)9-2/h3-4H,8H2,1-2H3/b6-4-,9-5+,10-3+. The highest BCUT2D eigenvalue weighted by Crippen LogP contribution is 1.91. The van der Waals surface area contributed by atoms with Gasteiger partial charge in [0.05, 0.1) is 0 Å². The van der Waals surface area contributed by atoms with Crippen LogP contribution in [0.15, 0.2) is 21.9 Å². The number of aliphatic imine (C=N–C) groups is 2. The molecule has 0 saturated heterocycles. The van der Waals surface area contributed by atoms with Gasteiger partial charge in [0, 0.05) is 19.3 Å². The van der Waals surface area contributed by atoms with Crippen LogP contribution in [0.5, 0.6) is 0 Å². The molecule has 0 fully saturated rings. The molecule has 0 aliphatic carbocycles. The van der Waals surface area contributed by atoms with Crippen molar-refractivity contribution in [2.75, 3.05) is 7.05 Å². The van der Waals surface area contributed by atoms with Gasteiger partial charge in [0.1, 0.15) is 11.0 Å². The Labute approximate surface area is 65.3 Å². The minimum Gasteiger partial charge on any atom is -0.384 e. The van der Waals surface area contributed by atoms with Gasteiger partial charge >= 0.3 is 0 Å². The molecule has 3 nitrogen and oxygen atoms in total. The summed E-state index contributed by atoms with van der Waals surface area (Å²) in [6.07, 6.45) is 3.08. The first-order valence-electron chi connectivity index (χ1n) is 2.78. The van der Waals surface area contributed by atoms with Crippen molar-refractivity contribution in [3.05, 3.63) is 11.9 Å². The van der Waals surface area contributed by atoms with Crippen LogP contribution in [0.3, 0.4) is 0 Å². The molecular formula is C6H10ClN3. The van der Waals surface area contributed by atoms with E-state index in [-0.39, 0.29) is 0 Å². The lowest BCUT2D eigenvalue weighted by Gasteiger charge is -1.88. The second-order valence-corrected chi connectivity index (χ2v) is 1.89. The van der Waals surface area contributed by atoms with Crippen LogP contribution in [0.25, 0.3) is 0 Å². The Morgan fingerprint density at radius 2 is 2.20 bits per heavy atom. The summed E-state index contributed by atoms with van der Waals surface area (Å²) < 4.78 is 0. The number of nitrogens with zero attached hydrogens (tertiary/aromatic N) is 2. The summed E-state index contributed by atoms with van der Waals surface area (Å²) in [5.41, 5.74) is 5.36. The molecule has 10 heavy (non-hydrogen) atoms. The predicted octanol–water partition coefficient (Wildman–Crippen LogP) is 1.14. The van der Waals surface area contributed by atoms with Crippen molar-refractivity contribution >= 4 is 23.0 Å². The summed E-state index contributed by atoms with van der Waals surface area (Å²) in [5, 5.41) is 0.350. The molecule has 0 atom stereocenters. The van der Waals surface area contributed by atoms with Gasteiger partial charge < -0.3 is 5.73 Å². The topological polar surface area (TPSA) is 50.7 Å². The third-order valence-corrected chi connectivity index (χ3v) is 1.04. The molecule has 0 aliphatic rings. The molecule has 0 bridgehead atoms. The van der Waals surface area contributed by atoms with Crippen LogP contribution in [0, 0.1) is 0 Å². The fourth-order valence-corrected chi connectivity index (χ4v) is 0.485. The molecule has 0 saturated carbocycles. The Morgan fingerprint density at radius 1 is 1.60 bits per heavy atom. The molecular weight excluding hydrogens is 150 g/mol. The molecule has 0 heterocycles. The van der Waals surface area contributed by atoms with E-state index in [1.54, 1.807) is 20.2 Å². The molecule has 2 N–H and O–H groups in total. The summed E-state index contributed by atoms with van der Waals surface area (Å²) >= 11 is 5.52. The van der Waals surface area contributed by atoms with Gasteiger partial charge in [0.25, 0.3) is 0 Å². The third kappa shape index (κ3) is 4.09. The molecule has 0 aromatic carbocycles. The maximum atomic E-state index is 5.52. The van der Waals surface area contributed by atoms with Gasteiger partial charge in [-0.3, -0.25) is 4.99 Å². The first kappa shape index (κ1) is 9.17. The number of rotatable bonds is 2. The van der Waals surface area contributed by atoms with Crippen LogP contribution < -0.4 is 5.73 Å². The summed E-state index contributed by atoms with van der Waals surface area (Å²) in [5.74, 6) is 0.359. The molecule has 56 valence electrons. The maximum Gasteiger partial charge on any atom is 0.126 e. The van der Waals surface area contributed by atoms with E-state index < -0.39 is 0 Å². The minimum absolute atomic E-state index is 0.350. The number of hydrogen-bond donors (Lipinski definition) is 1. The van der Waals surface area contributed by atoms with Crippen molar-refractivity contribution in [2.45, 2.75) is 6.92 Å². The van der Waals surface area contributed by atoms with E-state index in [2.05, 4.69) is 9.98 Å². The highest BCUT2D eigenvalue weighted by atomic mass is 35.5. The van der Waals surface area contributed by atoms with E-state index in [0.29, 0.717) is 11.0 Å². The first-order valence-corrected chi connectivity index (χ1v) is 3.16. The average molecular weight is 160 g/mol. The van der Waals surface area contributed by atoms with Crippen molar-refractivity contribution in [2.24, 2.45) is 15.7 Å². The monoisotopic (exact) mass is 159 g/mol. The minimum atomic E-state index is 0.350. The highest BCUT2D eigenvalue weighted by molar-refractivity contribution is 6.68. The van der Waals surface area contributed by atoms with Gasteiger partial charge in [-0.1, -0.05) is 11.6 Å². The lowest BCUT2D eigenvalue weighted by molar-refractivity contribution is 1.26. The number of halogens is 1. The van der Waals surface area contributed by atoms with Gasteiger partial charge in [0.15, 0.2) is 0 Å². The Kier molecular flexibility index (Phi) is 4.58. The molecule has 0 radical (unpaired) electrons. The predicted molar refractivity (Wildman–Crippen MR) is 45.6 cm³/mol. The summed E-state index contributed by atoms with van der Waals surface area (Å²) in [7, 11) is 1.59. The van der Waals surface area contributed by atoms with Crippen LogP contribution in [0.4, 0.5) is 0 Å². The van der Waals surface area contributed by atoms with Gasteiger partial charge in [-0.2, -0.15) is 0 Å². The highest BCUT2D eigenvalue weighted by Gasteiger charge is 1.86. The molecule has 0 aromatic rings. The fraction of sp³-hybridized carbons (Fsp3) is 0.333. The zero-order valence-corrected chi connectivity index (χ0v) is 6.76. The number of nitrogens with two attached hydrogens (primary N) is 1. The van der Waals surface area contributed by atoms with Crippen molar-refractivity contribution in [1.29, 1.82) is 0 Å². The zero-order valence-electron chi connectivity index (χ0n) is 6.00. The summed E-state index contributed by atoms with van der Waals surface area (Å²) in [6.45, 7) is 1.78. The molecule has 0 amide bonds. The summed E-state index contributed by atoms with van der Waals surface area (Å²) in [4.78, 5) is 7.42. The molecule has 0 rings (SSSR count). The molecule has 0 unspecified atom stereocenters. The average Bonchev–Trinajstić information content (AvgIpc) is 1.88. The quantitative estimate of drug-likeness (QED) is 0.604. The van der Waals surface area contributed by atoms with Crippen LogP contribution in [-0.2, 0) is 0 Å². The first-order chi connectivity index (χ1) is 4.70. The normalized spacial score (nSPS) is 14.7. The third-order valence-electron chi connectivity index (χ3n) is 0.759. The zero-order chi connectivity index (χ0) is 7.98. The largest absolute Gasteiger partial charge is 0.384 e. The van der Waals surface area contributed by atoms with Crippen molar-refractivity contribution in [1.82, 2.24) is 0 Å². The Balaban J connectivity index is 4.16. The van der Waals surface area contributed by atoms with E-state index in [1.807, 2.05) is 0 Å². The van der Waals surface area contributed by atoms with E-state index in [0.717, 1.165) is 0 Å². The van der Waals surface area contributed by atoms with E-state index in [1.165, 1.54) is 6.08 Å². The van der Waals surface area contributed by atoms with E-state index in [4.69, 9.17) is 17.3 Å². The van der Waals surface area contributed by atoms with Crippen molar-refractivity contribution < 1.29 is 0 Å². The lowest BCUT2D eigenvalue weighted by Crippen LogP contribution is -1.95. The molecule has 0 spiro atoms. The SMILES string of the molecule is C/C=N/C(N)=C\C(Cl)=N/C. The van der Waals surface area contributed by atoms with Crippen LogP contribution in [0.2, 0.25) is 0 Å². The van der Waals surface area contributed by atoms with Crippen LogP contribution in [0.1, 0.15) is 6.92 Å². The van der Waals surface area contributed by atoms with Crippen LogP contribution >= 0.6 is 11.6 Å². The molecule has 0 aliphatic heterocycles. The van der Waals surface area contributed by atoms with Gasteiger partial charge in [0.2, 0.25) is 0 Å². The second kappa shape index (κ2) is 4.99.